The molecule has 2 aromatic rings. The first-order valence-electron chi connectivity index (χ1n) is 8.43. The van der Waals surface area contributed by atoms with Crippen LogP contribution in [0.2, 0.25) is 5.02 Å². The summed E-state index contributed by atoms with van der Waals surface area (Å²) >= 11 is 7.22. The summed E-state index contributed by atoms with van der Waals surface area (Å²) < 4.78 is 23.0. The monoisotopic (exact) mass is 425 g/mol. The van der Waals surface area contributed by atoms with Gasteiger partial charge in [0.15, 0.2) is 0 Å². The molecule has 0 amide bonds. The number of aliphatic imine (C=N–C) groups is 1. The van der Waals surface area contributed by atoms with E-state index < -0.39 is 10.0 Å². The molecular formula is C17H20ClN5O2S2. The Labute approximate surface area is 167 Å². The topological polar surface area (TPSA) is 110 Å². The van der Waals surface area contributed by atoms with Crippen molar-refractivity contribution in [2.24, 2.45) is 16.0 Å². The number of hydrogen-bond donors (Lipinski definition) is 2. The van der Waals surface area contributed by atoms with Crippen molar-refractivity contribution in [3.05, 3.63) is 35.1 Å². The molecule has 0 aliphatic heterocycles. The Bertz CT molecular complexity index is 1010. The third kappa shape index (κ3) is 5.13. The summed E-state index contributed by atoms with van der Waals surface area (Å²) in [4.78, 5) is 13.8. The number of rotatable bonds is 7. The molecule has 27 heavy (non-hydrogen) atoms. The Morgan fingerprint density at radius 3 is 2.81 bits per heavy atom. The Balaban J connectivity index is 1.85. The van der Waals surface area contributed by atoms with Crippen molar-refractivity contribution in [2.75, 3.05) is 11.9 Å². The van der Waals surface area contributed by atoms with E-state index in [9.17, 15) is 8.42 Å². The molecule has 1 saturated carbocycles. The zero-order chi connectivity index (χ0) is 19.6. The quantitative estimate of drug-likeness (QED) is 0.657. The van der Waals surface area contributed by atoms with Crippen LogP contribution in [0, 0.1) is 5.92 Å². The lowest BCUT2D eigenvalue weighted by Crippen LogP contribution is -2.09. The molecule has 0 atom stereocenters. The van der Waals surface area contributed by atoms with Crippen LogP contribution in [0.3, 0.4) is 0 Å². The molecule has 1 fully saturated rings. The van der Waals surface area contributed by atoms with Crippen LogP contribution in [0.25, 0.3) is 10.6 Å². The number of nitrogens with zero attached hydrogens (tertiary/aromatic N) is 3. The fourth-order valence-electron chi connectivity index (χ4n) is 2.49. The van der Waals surface area contributed by atoms with Crippen LogP contribution in [-0.2, 0) is 10.0 Å². The maximum atomic E-state index is 11.5. The maximum Gasteiger partial charge on any atom is 0.247 e. The van der Waals surface area contributed by atoms with Crippen LogP contribution in [-0.4, -0.2) is 30.6 Å². The Kier molecular flexibility index (Phi) is 5.95. The van der Waals surface area contributed by atoms with Crippen LogP contribution in [0.1, 0.15) is 26.7 Å². The lowest BCUT2D eigenvalue weighted by Gasteiger charge is -2.08. The third-order valence-corrected chi connectivity index (χ3v) is 6.66. The van der Waals surface area contributed by atoms with Gasteiger partial charge < -0.3 is 5.32 Å². The van der Waals surface area contributed by atoms with Gasteiger partial charge in [0.25, 0.3) is 0 Å². The maximum absolute atomic E-state index is 11.5. The average molecular weight is 426 g/mol. The highest BCUT2D eigenvalue weighted by Gasteiger charge is 2.26. The Hall–Kier alpha value is -1.81. The number of primary sulfonamides is 1. The number of anilines is 1. The van der Waals surface area contributed by atoms with Crippen LogP contribution >= 0.6 is 22.9 Å². The van der Waals surface area contributed by atoms with E-state index in [1.165, 1.54) is 25.1 Å². The molecule has 3 N–H and O–H groups in total. The predicted octanol–water partition coefficient (Wildman–Crippen LogP) is 3.69. The number of halogens is 1. The molecule has 0 radical (unpaired) electrons. The Morgan fingerprint density at radius 2 is 2.22 bits per heavy atom. The van der Waals surface area contributed by atoms with Gasteiger partial charge in [-0.25, -0.2) is 23.5 Å². The third-order valence-electron chi connectivity index (χ3n) is 3.85. The molecule has 2 heterocycles. The van der Waals surface area contributed by atoms with E-state index in [2.05, 4.69) is 20.3 Å². The second kappa shape index (κ2) is 8.05. The van der Waals surface area contributed by atoms with E-state index in [0.29, 0.717) is 27.5 Å². The molecule has 7 nitrogen and oxygen atoms in total. The molecule has 1 aliphatic rings. The van der Waals surface area contributed by atoms with Crippen molar-refractivity contribution in [1.82, 2.24) is 9.97 Å². The zero-order valence-electron chi connectivity index (χ0n) is 14.9. The molecule has 0 unspecified atom stereocenters. The van der Waals surface area contributed by atoms with E-state index in [1.807, 2.05) is 19.9 Å². The van der Waals surface area contributed by atoms with E-state index in [0.717, 1.165) is 29.3 Å². The molecule has 10 heteroatoms. The van der Waals surface area contributed by atoms with E-state index >= 15 is 0 Å². The first-order chi connectivity index (χ1) is 12.8. The smallest absolute Gasteiger partial charge is 0.247 e. The number of sulfonamides is 1. The summed E-state index contributed by atoms with van der Waals surface area (Å²) in [5.41, 5.74) is 2.41. The summed E-state index contributed by atoms with van der Waals surface area (Å²) in [6, 6.07) is 3.07. The minimum absolute atomic E-state index is 0.0580. The van der Waals surface area contributed by atoms with Crippen molar-refractivity contribution >= 4 is 44.6 Å². The van der Waals surface area contributed by atoms with E-state index in [1.54, 1.807) is 6.07 Å². The summed E-state index contributed by atoms with van der Waals surface area (Å²) in [5, 5.41) is 8.65. The van der Waals surface area contributed by atoms with Crippen LogP contribution in [0.5, 0.6) is 0 Å². The van der Waals surface area contributed by atoms with Crippen LogP contribution in [0.15, 0.2) is 39.3 Å². The van der Waals surface area contributed by atoms with Crippen molar-refractivity contribution in [1.29, 1.82) is 0 Å². The predicted molar refractivity (Wildman–Crippen MR) is 110 cm³/mol. The number of nitrogens with one attached hydrogen (secondary N) is 1. The minimum atomic E-state index is -3.76. The largest absolute Gasteiger partial charge is 0.328 e. The average Bonchev–Trinajstić information content (AvgIpc) is 3.31. The zero-order valence-corrected chi connectivity index (χ0v) is 17.3. The minimum Gasteiger partial charge on any atom is -0.328 e. The molecule has 0 bridgehead atoms. The summed E-state index contributed by atoms with van der Waals surface area (Å²) in [5.74, 6) is 0.923. The summed E-state index contributed by atoms with van der Waals surface area (Å²) in [6.45, 7) is 4.70. The first-order valence-corrected chi connectivity index (χ1v) is 11.2. The van der Waals surface area contributed by atoms with Gasteiger partial charge in [0.1, 0.15) is 9.90 Å². The van der Waals surface area contributed by atoms with Gasteiger partial charge in [-0.2, -0.15) is 0 Å². The van der Waals surface area contributed by atoms with Gasteiger partial charge in [-0.1, -0.05) is 11.6 Å². The van der Waals surface area contributed by atoms with Gasteiger partial charge in [-0.15, -0.1) is 11.3 Å². The second-order valence-electron chi connectivity index (χ2n) is 6.18. The number of allylic oxidation sites excluding steroid dienone is 2. The van der Waals surface area contributed by atoms with Crippen LogP contribution in [0.4, 0.5) is 5.95 Å². The molecule has 0 saturated heterocycles. The Morgan fingerprint density at radius 1 is 1.48 bits per heavy atom. The summed E-state index contributed by atoms with van der Waals surface area (Å²) in [6.07, 6.45) is 5.85. The van der Waals surface area contributed by atoms with Gasteiger partial charge in [-0.3, -0.25) is 4.99 Å². The van der Waals surface area contributed by atoms with Crippen LogP contribution < -0.4 is 10.5 Å². The van der Waals surface area contributed by atoms with Gasteiger partial charge in [0, 0.05) is 23.9 Å². The highest BCUT2D eigenvalue weighted by atomic mass is 35.5. The van der Waals surface area contributed by atoms with Crippen molar-refractivity contribution in [3.8, 4) is 10.6 Å². The molecule has 2 aromatic heterocycles. The standard InChI is InChI=1S/C17H20ClN5O2S2/c1-3-20-13(11-4-5-11)8-10(2)22-17-21-9-12(18)16(23-17)14-6-7-15(26-14)27(19,24)25/h6-9,11H,3-5H2,1-2H3,(H2,19,24,25)(H,21,22,23)/b10-8+,20-13?. The lowest BCUT2D eigenvalue weighted by molar-refractivity contribution is 0.600. The molecular weight excluding hydrogens is 406 g/mol. The highest BCUT2D eigenvalue weighted by Crippen LogP contribution is 2.34. The van der Waals surface area contributed by atoms with Crippen molar-refractivity contribution in [3.63, 3.8) is 0 Å². The number of nitrogens with two attached hydrogens (primary N) is 1. The molecule has 0 spiro atoms. The number of aromatic nitrogens is 2. The fraction of sp³-hybridized carbons (Fsp3) is 0.353. The molecule has 0 aromatic carbocycles. The van der Waals surface area contributed by atoms with Gasteiger partial charge >= 0.3 is 0 Å². The molecule has 144 valence electrons. The van der Waals surface area contributed by atoms with E-state index in [-0.39, 0.29) is 4.21 Å². The lowest BCUT2D eigenvalue weighted by atomic mass is 10.2. The molecule has 3 rings (SSSR count). The van der Waals surface area contributed by atoms with Gasteiger partial charge in [0.2, 0.25) is 16.0 Å². The highest BCUT2D eigenvalue weighted by molar-refractivity contribution is 7.91. The normalized spacial score (nSPS) is 15.9. The molecule has 1 aliphatic carbocycles. The van der Waals surface area contributed by atoms with Gasteiger partial charge in [0.05, 0.1) is 16.1 Å². The van der Waals surface area contributed by atoms with Crippen molar-refractivity contribution in [2.45, 2.75) is 30.9 Å². The van der Waals surface area contributed by atoms with E-state index in [4.69, 9.17) is 16.7 Å². The SMILES string of the molecule is CCN=C(/C=C(\C)Nc1ncc(Cl)c(-c2ccc(S(N)(=O)=O)s2)n1)C1CC1. The number of hydrogen-bond acceptors (Lipinski definition) is 7. The fourth-order valence-corrected chi connectivity index (χ4v) is 4.47. The summed E-state index contributed by atoms with van der Waals surface area (Å²) in [7, 11) is -3.76. The first kappa shape index (κ1) is 19.9. The van der Waals surface area contributed by atoms with Gasteiger partial charge in [-0.05, 0) is 44.9 Å². The van der Waals surface area contributed by atoms with Crippen molar-refractivity contribution < 1.29 is 8.42 Å². The number of thiophene rings is 1. The second-order valence-corrected chi connectivity index (χ2v) is 9.46.